The van der Waals surface area contributed by atoms with Crippen LogP contribution in [0.2, 0.25) is 0 Å². The summed E-state index contributed by atoms with van der Waals surface area (Å²) in [5.41, 5.74) is 1.17. The van der Waals surface area contributed by atoms with Crippen LogP contribution in [0.3, 0.4) is 0 Å². The van der Waals surface area contributed by atoms with Crippen LogP contribution in [0.15, 0.2) is 59.5 Å². The van der Waals surface area contributed by atoms with Gasteiger partial charge in [-0.05, 0) is 36.4 Å². The number of carbonyl (C=O) groups excluding carboxylic acids is 1. The molecule has 2 rings (SSSR count). The number of nitrogens with two attached hydrogens (primary N) is 1. The number of anilines is 1. The summed E-state index contributed by atoms with van der Waals surface area (Å²) in [7, 11) is -3.73. The highest BCUT2D eigenvalue weighted by molar-refractivity contribution is 7.89. The van der Waals surface area contributed by atoms with Crippen LogP contribution in [0.25, 0.3) is 0 Å². The van der Waals surface area contributed by atoms with Crippen LogP contribution in [0.1, 0.15) is 5.56 Å². The topological polar surface area (TPSA) is 89.3 Å². The Morgan fingerprint density at radius 2 is 1.62 bits per heavy atom. The molecule has 21 heavy (non-hydrogen) atoms. The molecule has 0 saturated heterocycles. The highest BCUT2D eigenvalue weighted by Gasteiger charge is 2.07. The van der Waals surface area contributed by atoms with Gasteiger partial charge in [0, 0.05) is 17.2 Å². The van der Waals surface area contributed by atoms with E-state index in [2.05, 4.69) is 17.2 Å². The average molecular weight is 300 g/mol. The Bertz CT molecular complexity index is 801. The lowest BCUT2D eigenvalue weighted by Gasteiger charge is -2.02. The van der Waals surface area contributed by atoms with Crippen molar-refractivity contribution in [3.8, 4) is 11.8 Å². The molecule has 3 N–H and O–H groups in total. The maximum absolute atomic E-state index is 11.6. The van der Waals surface area contributed by atoms with Gasteiger partial charge in [0.2, 0.25) is 10.0 Å². The van der Waals surface area contributed by atoms with Crippen molar-refractivity contribution in [3.63, 3.8) is 0 Å². The van der Waals surface area contributed by atoms with Crippen LogP contribution in [-0.4, -0.2) is 14.3 Å². The van der Waals surface area contributed by atoms with Gasteiger partial charge in [0.05, 0.1) is 4.90 Å². The van der Waals surface area contributed by atoms with Gasteiger partial charge in [0.15, 0.2) is 0 Å². The van der Waals surface area contributed by atoms with E-state index in [0.717, 1.165) is 5.56 Å². The Hall–Kier alpha value is -2.62. The fraction of sp³-hybridized carbons (Fsp3) is 0. The molecule has 0 fully saturated rings. The lowest BCUT2D eigenvalue weighted by molar-refractivity contribution is -0.111. The average Bonchev–Trinajstić information content (AvgIpc) is 2.46. The fourth-order valence-corrected chi connectivity index (χ4v) is 2.06. The smallest absolute Gasteiger partial charge is 0.300 e. The van der Waals surface area contributed by atoms with E-state index in [1.54, 1.807) is 12.1 Å². The summed E-state index contributed by atoms with van der Waals surface area (Å²) in [6.45, 7) is 0. The van der Waals surface area contributed by atoms with Gasteiger partial charge in [-0.2, -0.15) is 0 Å². The molecule has 0 saturated carbocycles. The first-order chi connectivity index (χ1) is 9.95. The zero-order valence-corrected chi connectivity index (χ0v) is 11.7. The van der Waals surface area contributed by atoms with Gasteiger partial charge in [-0.1, -0.05) is 24.1 Å². The van der Waals surface area contributed by atoms with Crippen molar-refractivity contribution in [1.82, 2.24) is 0 Å². The molecule has 106 valence electrons. The van der Waals surface area contributed by atoms with E-state index in [1.807, 2.05) is 18.2 Å². The van der Waals surface area contributed by atoms with Crippen molar-refractivity contribution in [2.24, 2.45) is 5.14 Å². The number of sulfonamides is 1. The molecule has 0 aromatic heterocycles. The normalized spacial score (nSPS) is 10.3. The number of rotatable bonds is 2. The molecular formula is C15H12N2O3S. The number of nitrogens with one attached hydrogen (secondary N) is 1. The molecule has 6 heteroatoms. The summed E-state index contributed by atoms with van der Waals surface area (Å²) >= 11 is 0. The van der Waals surface area contributed by atoms with Crippen molar-refractivity contribution in [2.45, 2.75) is 4.90 Å². The van der Waals surface area contributed by atoms with E-state index in [0.29, 0.717) is 5.69 Å². The first kappa shape index (κ1) is 14.8. The molecule has 2 aromatic rings. The van der Waals surface area contributed by atoms with Gasteiger partial charge >= 0.3 is 5.91 Å². The van der Waals surface area contributed by atoms with Crippen molar-refractivity contribution in [2.75, 3.05) is 5.32 Å². The molecule has 0 radical (unpaired) electrons. The summed E-state index contributed by atoms with van der Waals surface area (Å²) in [6, 6.07) is 14.6. The number of hydrogen-bond donors (Lipinski definition) is 2. The summed E-state index contributed by atoms with van der Waals surface area (Å²) in [5.74, 6) is 4.69. The monoisotopic (exact) mass is 300 g/mol. The van der Waals surface area contributed by atoms with Gasteiger partial charge in [0.1, 0.15) is 0 Å². The summed E-state index contributed by atoms with van der Waals surface area (Å²) < 4.78 is 22.2. The SMILES string of the molecule is NS(=O)(=O)c1ccc(NC(=O)C#Cc2ccccc2)cc1. The molecule has 5 nitrogen and oxygen atoms in total. The molecule has 0 bridgehead atoms. The van der Waals surface area contributed by atoms with E-state index in [4.69, 9.17) is 5.14 Å². The fourth-order valence-electron chi connectivity index (χ4n) is 1.54. The zero-order chi connectivity index (χ0) is 15.3. The van der Waals surface area contributed by atoms with Gasteiger partial charge < -0.3 is 5.32 Å². The predicted octanol–water partition coefficient (Wildman–Crippen LogP) is 1.32. The molecule has 0 heterocycles. The third kappa shape index (κ3) is 4.45. The van der Waals surface area contributed by atoms with Gasteiger partial charge in [-0.3, -0.25) is 4.79 Å². The Balaban J connectivity index is 2.06. The predicted molar refractivity (Wildman–Crippen MR) is 79.8 cm³/mol. The van der Waals surface area contributed by atoms with Crippen molar-refractivity contribution >= 4 is 21.6 Å². The van der Waals surface area contributed by atoms with E-state index in [1.165, 1.54) is 24.3 Å². The number of benzene rings is 2. The molecule has 2 aromatic carbocycles. The van der Waals surface area contributed by atoms with Gasteiger partial charge in [-0.15, -0.1) is 0 Å². The Labute approximate surface area is 122 Å². The molecule has 0 unspecified atom stereocenters. The molecule has 0 spiro atoms. The minimum atomic E-state index is -3.73. The maximum atomic E-state index is 11.6. The summed E-state index contributed by atoms with van der Waals surface area (Å²) in [4.78, 5) is 11.6. The zero-order valence-electron chi connectivity index (χ0n) is 10.9. The second-order valence-electron chi connectivity index (χ2n) is 4.14. The summed E-state index contributed by atoms with van der Waals surface area (Å²) in [5, 5.41) is 7.53. The van der Waals surface area contributed by atoms with E-state index in [9.17, 15) is 13.2 Å². The number of hydrogen-bond acceptors (Lipinski definition) is 3. The van der Waals surface area contributed by atoms with Crippen LogP contribution in [0, 0.1) is 11.8 Å². The second kappa shape index (κ2) is 6.22. The highest BCUT2D eigenvalue weighted by Crippen LogP contribution is 2.12. The van der Waals surface area contributed by atoms with E-state index >= 15 is 0 Å². The van der Waals surface area contributed by atoms with Crippen molar-refractivity contribution in [3.05, 3.63) is 60.2 Å². The number of primary sulfonamides is 1. The minimum absolute atomic E-state index is 0.0177. The largest absolute Gasteiger partial charge is 0.315 e. The number of amides is 1. The Morgan fingerprint density at radius 1 is 1.00 bits per heavy atom. The van der Waals surface area contributed by atoms with Crippen LogP contribution < -0.4 is 10.5 Å². The van der Waals surface area contributed by atoms with Crippen molar-refractivity contribution in [1.29, 1.82) is 0 Å². The van der Waals surface area contributed by atoms with E-state index in [-0.39, 0.29) is 4.90 Å². The first-order valence-electron chi connectivity index (χ1n) is 5.96. The van der Waals surface area contributed by atoms with Crippen LogP contribution in [-0.2, 0) is 14.8 Å². The lowest BCUT2D eigenvalue weighted by Crippen LogP contribution is -2.12. The molecule has 1 amide bonds. The van der Waals surface area contributed by atoms with Crippen LogP contribution in [0.5, 0.6) is 0 Å². The third-order valence-corrected chi connectivity index (χ3v) is 3.46. The van der Waals surface area contributed by atoms with Crippen molar-refractivity contribution < 1.29 is 13.2 Å². The second-order valence-corrected chi connectivity index (χ2v) is 5.70. The third-order valence-electron chi connectivity index (χ3n) is 2.53. The number of carbonyl (C=O) groups is 1. The highest BCUT2D eigenvalue weighted by atomic mass is 32.2. The van der Waals surface area contributed by atoms with E-state index < -0.39 is 15.9 Å². The Morgan fingerprint density at radius 3 is 2.19 bits per heavy atom. The molecule has 0 aliphatic carbocycles. The van der Waals surface area contributed by atoms with Gasteiger partial charge in [-0.25, -0.2) is 13.6 Å². The minimum Gasteiger partial charge on any atom is -0.315 e. The molecule has 0 aliphatic rings. The standard InChI is InChI=1S/C15H12N2O3S/c16-21(19,20)14-9-7-13(8-10-14)17-15(18)11-6-12-4-2-1-3-5-12/h1-5,7-10H,(H,17,18)(H2,16,19,20). The maximum Gasteiger partial charge on any atom is 0.300 e. The Kier molecular flexibility index (Phi) is 4.38. The molecular weight excluding hydrogens is 288 g/mol. The first-order valence-corrected chi connectivity index (χ1v) is 7.51. The van der Waals surface area contributed by atoms with Gasteiger partial charge in [0.25, 0.3) is 0 Å². The summed E-state index contributed by atoms with van der Waals surface area (Å²) in [6.07, 6.45) is 0. The molecule has 0 atom stereocenters. The van der Waals surface area contributed by atoms with Crippen LogP contribution >= 0.6 is 0 Å². The quantitative estimate of drug-likeness (QED) is 0.820. The lowest BCUT2D eigenvalue weighted by atomic mass is 10.2. The molecule has 0 aliphatic heterocycles. The van der Waals surface area contributed by atoms with Crippen LogP contribution in [0.4, 0.5) is 5.69 Å².